The number of fused-ring (bicyclic) bond motifs is 1. The van der Waals surface area contributed by atoms with Gasteiger partial charge in [0, 0.05) is 5.56 Å². The van der Waals surface area contributed by atoms with E-state index in [1.54, 1.807) is 18.2 Å². The van der Waals surface area contributed by atoms with Gasteiger partial charge in [-0.25, -0.2) is 0 Å². The molecule has 2 N–H and O–H groups in total. The van der Waals surface area contributed by atoms with Gasteiger partial charge in [0.25, 0.3) is 0 Å². The maximum atomic E-state index is 12.2. The third-order valence-corrected chi connectivity index (χ3v) is 3.02. The number of aliphatic hydroxyl groups excluding tert-OH is 1. The lowest BCUT2D eigenvalue weighted by molar-refractivity contribution is 0.0371. The van der Waals surface area contributed by atoms with Gasteiger partial charge in [0.05, 0.1) is 6.61 Å². The molecule has 5 heteroatoms. The van der Waals surface area contributed by atoms with Crippen molar-refractivity contribution in [2.75, 3.05) is 0 Å². The lowest BCUT2D eigenvalue weighted by Crippen LogP contribution is -2.29. The average Bonchev–Trinajstić information content (AvgIpc) is 2.90. The van der Waals surface area contributed by atoms with Gasteiger partial charge in [-0.3, -0.25) is 4.79 Å². The number of aromatic hydroxyl groups is 1. The minimum absolute atomic E-state index is 0.0886. The maximum Gasteiger partial charge on any atom is 0.305 e. The van der Waals surface area contributed by atoms with Crippen LogP contribution in [0.15, 0.2) is 42.5 Å². The first-order chi connectivity index (χ1) is 9.67. The number of phenolic OH excluding ortho intramolecular Hbond substituents is 1. The van der Waals surface area contributed by atoms with E-state index in [1.165, 1.54) is 24.3 Å². The van der Waals surface area contributed by atoms with Gasteiger partial charge in [-0.2, -0.15) is 0 Å². The summed E-state index contributed by atoms with van der Waals surface area (Å²) >= 11 is 0. The van der Waals surface area contributed by atoms with E-state index in [0.29, 0.717) is 22.6 Å². The van der Waals surface area contributed by atoms with Gasteiger partial charge in [-0.05, 0) is 42.0 Å². The molecule has 0 aromatic heterocycles. The van der Waals surface area contributed by atoms with Crippen LogP contribution in [0.2, 0.25) is 0 Å². The van der Waals surface area contributed by atoms with Gasteiger partial charge in [0.15, 0.2) is 11.5 Å². The van der Waals surface area contributed by atoms with Crippen LogP contribution in [0.5, 0.6) is 17.2 Å². The molecule has 0 saturated heterocycles. The smallest absolute Gasteiger partial charge is 0.305 e. The summed E-state index contributed by atoms with van der Waals surface area (Å²) < 4.78 is 10.9. The van der Waals surface area contributed by atoms with Crippen molar-refractivity contribution in [1.82, 2.24) is 0 Å². The van der Waals surface area contributed by atoms with E-state index >= 15 is 0 Å². The molecular formula is C15H12O5. The third-order valence-electron chi connectivity index (χ3n) is 3.02. The van der Waals surface area contributed by atoms with Crippen molar-refractivity contribution in [3.05, 3.63) is 53.6 Å². The standard InChI is InChI=1S/C15H12O5/c16-8-9-1-6-12-13(7-9)20-15(19-12)14(18)10-2-4-11(17)5-3-10/h1-7,15-17H,8H2. The average molecular weight is 272 g/mol. The van der Waals surface area contributed by atoms with Gasteiger partial charge in [-0.15, -0.1) is 0 Å². The lowest BCUT2D eigenvalue weighted by atomic mass is 10.1. The number of ketones is 1. The molecule has 102 valence electrons. The highest BCUT2D eigenvalue weighted by Crippen LogP contribution is 2.36. The van der Waals surface area contributed by atoms with Gasteiger partial charge < -0.3 is 19.7 Å². The number of hydrogen-bond acceptors (Lipinski definition) is 5. The number of rotatable bonds is 3. The summed E-state index contributed by atoms with van der Waals surface area (Å²) in [5.74, 6) is 0.672. The number of carbonyl (C=O) groups is 1. The van der Waals surface area contributed by atoms with E-state index in [1.807, 2.05) is 0 Å². The molecule has 0 amide bonds. The Morgan fingerprint density at radius 1 is 1.05 bits per heavy atom. The highest BCUT2D eigenvalue weighted by Gasteiger charge is 2.31. The van der Waals surface area contributed by atoms with Crippen molar-refractivity contribution in [1.29, 1.82) is 0 Å². The Labute approximate surface area is 115 Å². The van der Waals surface area contributed by atoms with E-state index in [0.717, 1.165) is 0 Å². The molecule has 0 saturated carbocycles. The fraction of sp³-hybridized carbons (Fsp3) is 0.133. The fourth-order valence-electron chi connectivity index (χ4n) is 1.96. The van der Waals surface area contributed by atoms with E-state index in [9.17, 15) is 9.90 Å². The fourth-order valence-corrected chi connectivity index (χ4v) is 1.96. The maximum absolute atomic E-state index is 12.2. The predicted molar refractivity (Wildman–Crippen MR) is 69.8 cm³/mol. The molecule has 0 aliphatic carbocycles. The van der Waals surface area contributed by atoms with E-state index in [-0.39, 0.29) is 18.1 Å². The molecule has 3 rings (SSSR count). The summed E-state index contributed by atoms with van der Waals surface area (Å²) in [6, 6.07) is 10.9. The zero-order valence-corrected chi connectivity index (χ0v) is 10.4. The van der Waals surface area contributed by atoms with Crippen molar-refractivity contribution in [2.45, 2.75) is 12.9 Å². The van der Waals surface area contributed by atoms with Gasteiger partial charge in [-0.1, -0.05) is 6.07 Å². The summed E-state index contributed by atoms with van der Waals surface area (Å²) in [6.45, 7) is -0.104. The van der Waals surface area contributed by atoms with Gasteiger partial charge in [0.2, 0.25) is 5.78 Å². The van der Waals surface area contributed by atoms with Crippen LogP contribution >= 0.6 is 0 Å². The Morgan fingerprint density at radius 3 is 2.45 bits per heavy atom. The van der Waals surface area contributed by atoms with Crippen LogP contribution in [0.1, 0.15) is 15.9 Å². The molecule has 2 aromatic carbocycles. The molecule has 0 fully saturated rings. The second-order valence-corrected chi connectivity index (χ2v) is 4.42. The van der Waals surface area contributed by atoms with Crippen molar-refractivity contribution >= 4 is 5.78 Å². The second kappa shape index (κ2) is 4.86. The van der Waals surface area contributed by atoms with Crippen LogP contribution < -0.4 is 9.47 Å². The Balaban J connectivity index is 1.81. The Bertz CT molecular complexity index is 648. The van der Waals surface area contributed by atoms with Crippen LogP contribution in [0, 0.1) is 0 Å². The number of carbonyl (C=O) groups excluding carboxylic acids is 1. The van der Waals surface area contributed by atoms with Gasteiger partial charge in [0.1, 0.15) is 5.75 Å². The largest absolute Gasteiger partial charge is 0.508 e. The normalized spacial score (nSPS) is 16.1. The van der Waals surface area contributed by atoms with Crippen LogP contribution in [0.3, 0.4) is 0 Å². The molecule has 0 spiro atoms. The second-order valence-electron chi connectivity index (χ2n) is 4.42. The number of aliphatic hydroxyl groups is 1. The van der Waals surface area contributed by atoms with Crippen LogP contribution in [-0.2, 0) is 6.61 Å². The molecular weight excluding hydrogens is 260 g/mol. The summed E-state index contributed by atoms with van der Waals surface area (Å²) in [4.78, 5) is 12.2. The molecule has 0 bridgehead atoms. The number of phenols is 1. The molecule has 0 radical (unpaired) electrons. The first-order valence-electron chi connectivity index (χ1n) is 6.08. The third kappa shape index (κ3) is 2.19. The first kappa shape index (κ1) is 12.5. The molecule has 20 heavy (non-hydrogen) atoms. The van der Waals surface area contributed by atoms with Crippen molar-refractivity contribution in [2.24, 2.45) is 0 Å². The summed E-state index contributed by atoms with van der Waals surface area (Å²) in [6.07, 6.45) is -1.04. The Kier molecular flexibility index (Phi) is 3.04. The summed E-state index contributed by atoms with van der Waals surface area (Å²) in [7, 11) is 0. The number of Topliss-reactive ketones (excluding diaryl/α,β-unsaturated/α-hetero) is 1. The molecule has 1 unspecified atom stereocenters. The number of hydrogen-bond donors (Lipinski definition) is 2. The minimum atomic E-state index is -1.04. The highest BCUT2D eigenvalue weighted by atomic mass is 16.7. The van der Waals surface area contributed by atoms with Crippen LogP contribution in [0.4, 0.5) is 0 Å². The molecule has 1 aliphatic heterocycles. The predicted octanol–water partition coefficient (Wildman–Crippen LogP) is 1.86. The zero-order chi connectivity index (χ0) is 14.1. The Morgan fingerprint density at radius 2 is 1.75 bits per heavy atom. The van der Waals surface area contributed by atoms with E-state index < -0.39 is 6.29 Å². The summed E-state index contributed by atoms with van der Waals surface area (Å²) in [5.41, 5.74) is 1.08. The van der Waals surface area contributed by atoms with Crippen LogP contribution in [0.25, 0.3) is 0 Å². The lowest BCUT2D eigenvalue weighted by Gasteiger charge is -2.08. The monoisotopic (exact) mass is 272 g/mol. The van der Waals surface area contributed by atoms with Crippen molar-refractivity contribution in [3.8, 4) is 17.2 Å². The Hall–Kier alpha value is -2.53. The SMILES string of the molecule is O=C(c1ccc(O)cc1)C1Oc2ccc(CO)cc2O1. The zero-order valence-electron chi connectivity index (χ0n) is 10.4. The molecule has 2 aromatic rings. The molecule has 1 heterocycles. The minimum Gasteiger partial charge on any atom is -0.508 e. The molecule has 1 atom stereocenters. The quantitative estimate of drug-likeness (QED) is 0.834. The van der Waals surface area contributed by atoms with E-state index in [2.05, 4.69) is 0 Å². The van der Waals surface area contributed by atoms with Gasteiger partial charge >= 0.3 is 6.29 Å². The highest BCUT2D eigenvalue weighted by molar-refractivity contribution is 5.99. The van der Waals surface area contributed by atoms with Crippen LogP contribution in [-0.4, -0.2) is 22.3 Å². The van der Waals surface area contributed by atoms with E-state index in [4.69, 9.17) is 14.6 Å². The van der Waals surface area contributed by atoms with Crippen molar-refractivity contribution < 1.29 is 24.5 Å². The number of ether oxygens (including phenoxy) is 2. The summed E-state index contributed by atoms with van der Waals surface area (Å²) in [5, 5.41) is 18.3. The molecule has 1 aliphatic rings. The first-order valence-corrected chi connectivity index (χ1v) is 6.08. The topological polar surface area (TPSA) is 76.0 Å². The molecule has 5 nitrogen and oxygen atoms in total. The number of benzene rings is 2. The van der Waals surface area contributed by atoms with Crippen molar-refractivity contribution in [3.63, 3.8) is 0 Å².